The highest BCUT2D eigenvalue weighted by atomic mass is 15.2. The monoisotopic (exact) mass is 255 g/mol. The molecule has 0 bridgehead atoms. The van der Waals surface area contributed by atoms with Gasteiger partial charge in [0, 0.05) is 29.4 Å². The topological polar surface area (TPSA) is 42.1 Å². The van der Waals surface area contributed by atoms with Gasteiger partial charge < -0.3 is 10.6 Å². The van der Waals surface area contributed by atoms with Crippen LogP contribution in [0.3, 0.4) is 0 Å². The third-order valence-corrected chi connectivity index (χ3v) is 3.72. The number of hydrogen-bond donors (Lipinski definition) is 1. The van der Waals surface area contributed by atoms with E-state index in [0.717, 1.165) is 30.7 Å². The Hall–Kier alpha value is -1.61. The minimum atomic E-state index is 0.705. The maximum absolute atomic E-state index is 5.68. The van der Waals surface area contributed by atoms with E-state index in [9.17, 15) is 0 Å². The van der Waals surface area contributed by atoms with Gasteiger partial charge in [-0.05, 0) is 44.9 Å². The lowest BCUT2D eigenvalue weighted by Crippen LogP contribution is -2.28. The second-order valence-corrected chi connectivity index (χ2v) is 5.37. The van der Waals surface area contributed by atoms with Crippen molar-refractivity contribution < 1.29 is 0 Å². The molecule has 100 valence electrons. The summed E-state index contributed by atoms with van der Waals surface area (Å²) in [5.74, 6) is 0. The van der Waals surface area contributed by atoms with E-state index in [0.29, 0.717) is 6.04 Å². The summed E-state index contributed by atoms with van der Waals surface area (Å²) in [5.41, 5.74) is 9.19. The maximum Gasteiger partial charge on any atom is 0.0726 e. The van der Waals surface area contributed by atoms with Crippen molar-refractivity contribution in [1.29, 1.82) is 0 Å². The molecule has 0 unspecified atom stereocenters. The number of para-hydroxylation sites is 1. The van der Waals surface area contributed by atoms with Gasteiger partial charge in [-0.15, -0.1) is 0 Å². The van der Waals surface area contributed by atoms with Gasteiger partial charge in [-0.3, -0.25) is 4.98 Å². The van der Waals surface area contributed by atoms with E-state index >= 15 is 0 Å². The highest BCUT2D eigenvalue weighted by molar-refractivity contribution is 5.92. The zero-order valence-electron chi connectivity index (χ0n) is 11.5. The molecule has 0 atom stereocenters. The van der Waals surface area contributed by atoms with Crippen molar-refractivity contribution >= 4 is 16.6 Å². The Morgan fingerprint density at radius 3 is 2.84 bits per heavy atom. The number of anilines is 1. The number of benzene rings is 1. The first kappa shape index (κ1) is 12.4. The second-order valence-electron chi connectivity index (χ2n) is 5.37. The van der Waals surface area contributed by atoms with Crippen LogP contribution in [0.4, 0.5) is 5.69 Å². The smallest absolute Gasteiger partial charge is 0.0726 e. The van der Waals surface area contributed by atoms with Crippen molar-refractivity contribution in [2.24, 2.45) is 5.73 Å². The minimum absolute atomic E-state index is 0.705. The normalized spacial score (nSPS) is 14.8. The molecule has 1 aliphatic rings. The van der Waals surface area contributed by atoms with Gasteiger partial charge in [-0.1, -0.05) is 18.2 Å². The van der Waals surface area contributed by atoms with Crippen LogP contribution in [0, 0.1) is 6.92 Å². The molecule has 1 aliphatic carbocycles. The maximum atomic E-state index is 5.68. The summed E-state index contributed by atoms with van der Waals surface area (Å²) in [6.07, 6.45) is 3.66. The van der Waals surface area contributed by atoms with Crippen LogP contribution in [-0.4, -0.2) is 24.1 Å². The molecule has 1 saturated carbocycles. The van der Waals surface area contributed by atoms with Gasteiger partial charge in [-0.25, -0.2) is 0 Å². The van der Waals surface area contributed by atoms with Gasteiger partial charge in [0.1, 0.15) is 0 Å². The van der Waals surface area contributed by atoms with Gasteiger partial charge in [0.15, 0.2) is 0 Å². The molecular weight excluding hydrogens is 234 g/mol. The molecule has 2 N–H and O–H groups in total. The minimum Gasteiger partial charge on any atom is -0.368 e. The highest BCUT2D eigenvalue weighted by Gasteiger charge is 2.29. The first-order valence-corrected chi connectivity index (χ1v) is 7.12. The standard InChI is InChI=1S/C16H21N3/c1-12-11-16(14-5-2-3-6-15(14)18-12)19(10-4-9-17)13-7-8-13/h2-3,5-6,11,13H,4,7-10,17H2,1H3. The zero-order valence-corrected chi connectivity index (χ0v) is 11.5. The zero-order chi connectivity index (χ0) is 13.2. The molecule has 19 heavy (non-hydrogen) atoms. The van der Waals surface area contributed by atoms with E-state index in [2.05, 4.69) is 47.1 Å². The number of hydrogen-bond acceptors (Lipinski definition) is 3. The SMILES string of the molecule is Cc1cc(N(CCCN)C2CC2)c2ccccc2n1. The van der Waals surface area contributed by atoms with Crippen LogP contribution in [0.2, 0.25) is 0 Å². The molecule has 0 radical (unpaired) electrons. The lowest BCUT2D eigenvalue weighted by atomic mass is 10.1. The first-order valence-electron chi connectivity index (χ1n) is 7.12. The van der Waals surface area contributed by atoms with Crippen LogP contribution in [0.5, 0.6) is 0 Å². The average molecular weight is 255 g/mol. The summed E-state index contributed by atoms with van der Waals surface area (Å²) < 4.78 is 0. The van der Waals surface area contributed by atoms with Crippen LogP contribution in [0.15, 0.2) is 30.3 Å². The summed E-state index contributed by atoms with van der Waals surface area (Å²) >= 11 is 0. The summed E-state index contributed by atoms with van der Waals surface area (Å²) in [5, 5.41) is 1.26. The van der Waals surface area contributed by atoms with Crippen molar-refractivity contribution in [1.82, 2.24) is 4.98 Å². The summed E-state index contributed by atoms with van der Waals surface area (Å²) in [6, 6.07) is 11.3. The molecule has 0 spiro atoms. The van der Waals surface area contributed by atoms with Crippen LogP contribution >= 0.6 is 0 Å². The molecule has 0 amide bonds. The Morgan fingerprint density at radius 1 is 1.32 bits per heavy atom. The lowest BCUT2D eigenvalue weighted by molar-refractivity contribution is 0.734. The average Bonchev–Trinajstić information content (AvgIpc) is 3.23. The number of pyridine rings is 1. The predicted molar refractivity (Wildman–Crippen MR) is 80.5 cm³/mol. The molecule has 3 rings (SSSR count). The molecule has 3 heteroatoms. The van der Waals surface area contributed by atoms with Crippen LogP contribution in [0.25, 0.3) is 10.9 Å². The van der Waals surface area contributed by atoms with E-state index in [4.69, 9.17) is 5.73 Å². The molecule has 1 aromatic heterocycles. The molecule has 1 aromatic carbocycles. The van der Waals surface area contributed by atoms with Crippen molar-refractivity contribution in [2.45, 2.75) is 32.2 Å². The van der Waals surface area contributed by atoms with Crippen LogP contribution in [-0.2, 0) is 0 Å². The summed E-state index contributed by atoms with van der Waals surface area (Å²) in [6.45, 7) is 3.88. The molecule has 1 fully saturated rings. The third-order valence-electron chi connectivity index (χ3n) is 3.72. The third kappa shape index (κ3) is 2.56. The van der Waals surface area contributed by atoms with E-state index in [1.807, 2.05) is 0 Å². The predicted octanol–water partition coefficient (Wildman–Crippen LogP) is 2.86. The highest BCUT2D eigenvalue weighted by Crippen LogP contribution is 2.35. The Balaban J connectivity index is 2.05. The molecule has 0 aliphatic heterocycles. The number of nitrogens with two attached hydrogens (primary N) is 1. The summed E-state index contributed by atoms with van der Waals surface area (Å²) in [7, 11) is 0. The second kappa shape index (κ2) is 5.17. The fourth-order valence-corrected chi connectivity index (χ4v) is 2.67. The Bertz CT molecular complexity index is 575. The van der Waals surface area contributed by atoms with Gasteiger partial charge in [0.2, 0.25) is 0 Å². The lowest BCUT2D eigenvalue weighted by Gasteiger charge is -2.26. The van der Waals surface area contributed by atoms with E-state index < -0.39 is 0 Å². The Morgan fingerprint density at radius 2 is 2.11 bits per heavy atom. The summed E-state index contributed by atoms with van der Waals surface area (Å²) in [4.78, 5) is 7.16. The van der Waals surface area contributed by atoms with Crippen LogP contribution < -0.4 is 10.6 Å². The number of aryl methyl sites for hydroxylation is 1. The van der Waals surface area contributed by atoms with Crippen molar-refractivity contribution in [2.75, 3.05) is 18.0 Å². The molecule has 1 heterocycles. The van der Waals surface area contributed by atoms with Gasteiger partial charge in [0.25, 0.3) is 0 Å². The Kier molecular flexibility index (Phi) is 3.38. The molecule has 3 nitrogen and oxygen atoms in total. The molecular formula is C16H21N3. The number of fused-ring (bicyclic) bond motifs is 1. The van der Waals surface area contributed by atoms with Gasteiger partial charge >= 0.3 is 0 Å². The van der Waals surface area contributed by atoms with E-state index in [1.165, 1.54) is 23.9 Å². The number of aromatic nitrogens is 1. The van der Waals surface area contributed by atoms with E-state index in [-0.39, 0.29) is 0 Å². The first-order chi connectivity index (χ1) is 9.29. The van der Waals surface area contributed by atoms with Crippen LogP contribution in [0.1, 0.15) is 25.0 Å². The number of rotatable bonds is 5. The largest absolute Gasteiger partial charge is 0.368 e. The van der Waals surface area contributed by atoms with Gasteiger partial charge in [-0.2, -0.15) is 0 Å². The van der Waals surface area contributed by atoms with Gasteiger partial charge in [0.05, 0.1) is 5.52 Å². The fraction of sp³-hybridized carbons (Fsp3) is 0.438. The molecule has 2 aromatic rings. The van der Waals surface area contributed by atoms with Crippen molar-refractivity contribution in [3.63, 3.8) is 0 Å². The van der Waals surface area contributed by atoms with E-state index in [1.54, 1.807) is 0 Å². The van der Waals surface area contributed by atoms with Crippen molar-refractivity contribution in [3.05, 3.63) is 36.0 Å². The molecule has 0 saturated heterocycles. The Labute approximate surface area is 114 Å². The quantitative estimate of drug-likeness (QED) is 0.893. The van der Waals surface area contributed by atoms with Crippen molar-refractivity contribution in [3.8, 4) is 0 Å². The number of nitrogens with zero attached hydrogens (tertiary/aromatic N) is 2. The fourth-order valence-electron chi connectivity index (χ4n) is 2.67.